The molecule has 0 spiro atoms. The number of aromatic nitrogens is 3. The lowest BCUT2D eigenvalue weighted by Gasteiger charge is -2.13. The number of para-hydroxylation sites is 1. The van der Waals surface area contributed by atoms with Crippen LogP contribution in [0.25, 0.3) is 16.9 Å². The highest BCUT2D eigenvalue weighted by Crippen LogP contribution is 2.27. The van der Waals surface area contributed by atoms with Crippen LogP contribution in [0.15, 0.2) is 65.3 Å². The largest absolute Gasteiger partial charge is 0.368 e. The Kier molecular flexibility index (Phi) is 6.39. The van der Waals surface area contributed by atoms with Crippen molar-refractivity contribution < 1.29 is 4.79 Å². The molecule has 9 heteroatoms. The van der Waals surface area contributed by atoms with E-state index in [1.165, 1.54) is 0 Å². The molecule has 7 nitrogen and oxygen atoms in total. The van der Waals surface area contributed by atoms with Crippen molar-refractivity contribution >= 4 is 50.7 Å². The van der Waals surface area contributed by atoms with Gasteiger partial charge in [-0.3, -0.25) is 0 Å². The fraction of sp³-hybridized carbons (Fsp3) is 0.136. The molecule has 4 rings (SSSR count). The first-order chi connectivity index (χ1) is 15.0. The minimum absolute atomic E-state index is 0.322. The zero-order valence-corrected chi connectivity index (χ0v) is 19.0. The van der Waals surface area contributed by atoms with Gasteiger partial charge >= 0.3 is 6.03 Å². The normalized spacial score (nSPS) is 10.8. The number of amides is 2. The number of halogens is 2. The third kappa shape index (κ3) is 4.81. The Hall–Kier alpha value is -3.10. The zero-order chi connectivity index (χ0) is 21.8. The molecule has 0 aliphatic heterocycles. The van der Waals surface area contributed by atoms with E-state index in [0.29, 0.717) is 29.4 Å². The van der Waals surface area contributed by atoms with E-state index in [4.69, 9.17) is 16.6 Å². The lowest BCUT2D eigenvalue weighted by atomic mass is 10.1. The summed E-state index contributed by atoms with van der Waals surface area (Å²) in [7, 11) is 0. The molecule has 0 bridgehead atoms. The molecule has 2 heterocycles. The summed E-state index contributed by atoms with van der Waals surface area (Å²) < 4.78 is 2.54. The topological polar surface area (TPSA) is 83.3 Å². The van der Waals surface area contributed by atoms with Gasteiger partial charge < -0.3 is 16.0 Å². The van der Waals surface area contributed by atoms with Gasteiger partial charge in [-0.2, -0.15) is 9.61 Å². The fourth-order valence-corrected chi connectivity index (χ4v) is 3.69. The molecule has 0 aliphatic rings. The third-order valence-electron chi connectivity index (χ3n) is 4.69. The quantitative estimate of drug-likeness (QED) is 0.312. The fourth-order valence-electron chi connectivity index (χ4n) is 3.16. The van der Waals surface area contributed by atoms with Gasteiger partial charge in [0, 0.05) is 24.7 Å². The van der Waals surface area contributed by atoms with E-state index < -0.39 is 0 Å². The van der Waals surface area contributed by atoms with Crippen LogP contribution >= 0.6 is 27.5 Å². The molecule has 0 saturated heterocycles. The molecule has 0 atom stereocenters. The minimum atomic E-state index is -0.322. The zero-order valence-electron chi connectivity index (χ0n) is 16.7. The minimum Gasteiger partial charge on any atom is -0.368 e. The maximum atomic E-state index is 12.1. The van der Waals surface area contributed by atoms with Crippen molar-refractivity contribution in [2.24, 2.45) is 0 Å². The highest BCUT2D eigenvalue weighted by molar-refractivity contribution is 9.10. The van der Waals surface area contributed by atoms with Crippen LogP contribution < -0.4 is 16.0 Å². The predicted molar refractivity (Wildman–Crippen MR) is 128 cm³/mol. The van der Waals surface area contributed by atoms with Crippen LogP contribution in [0.3, 0.4) is 0 Å². The molecule has 2 aromatic heterocycles. The first-order valence-corrected chi connectivity index (χ1v) is 10.8. The van der Waals surface area contributed by atoms with Crippen molar-refractivity contribution in [2.45, 2.75) is 6.92 Å². The number of carbonyl (C=O) groups is 1. The maximum Gasteiger partial charge on any atom is 0.319 e. The van der Waals surface area contributed by atoms with E-state index in [2.05, 4.69) is 50.0 Å². The van der Waals surface area contributed by atoms with Crippen LogP contribution in [0.1, 0.15) is 5.56 Å². The van der Waals surface area contributed by atoms with Crippen LogP contribution in [0, 0.1) is 6.92 Å². The Morgan fingerprint density at radius 3 is 2.71 bits per heavy atom. The Morgan fingerprint density at radius 2 is 1.90 bits per heavy atom. The molecule has 0 radical (unpaired) electrons. The molecule has 158 valence electrons. The first kappa shape index (κ1) is 21.1. The summed E-state index contributed by atoms with van der Waals surface area (Å²) in [5.74, 6) is 0.780. The Bertz CT molecular complexity index is 1240. The molecule has 0 fully saturated rings. The number of anilines is 2. The van der Waals surface area contributed by atoms with Crippen LogP contribution in [-0.2, 0) is 0 Å². The number of fused-ring (bicyclic) bond motifs is 1. The number of hydrogen-bond donors (Lipinski definition) is 3. The molecule has 0 saturated carbocycles. The van der Waals surface area contributed by atoms with Gasteiger partial charge in [0.2, 0.25) is 0 Å². The molecule has 2 aromatic carbocycles. The van der Waals surface area contributed by atoms with Crippen molar-refractivity contribution in [1.82, 2.24) is 19.9 Å². The summed E-state index contributed by atoms with van der Waals surface area (Å²) in [4.78, 5) is 16.9. The van der Waals surface area contributed by atoms with Crippen molar-refractivity contribution in [3.8, 4) is 11.3 Å². The Labute approximate surface area is 193 Å². The van der Waals surface area contributed by atoms with Gasteiger partial charge in [-0.1, -0.05) is 48.0 Å². The number of aryl methyl sites for hydroxylation is 1. The summed E-state index contributed by atoms with van der Waals surface area (Å²) in [6.45, 7) is 2.96. The van der Waals surface area contributed by atoms with Gasteiger partial charge in [-0.25, -0.2) is 9.78 Å². The van der Waals surface area contributed by atoms with E-state index >= 15 is 0 Å². The molecule has 0 aliphatic carbocycles. The van der Waals surface area contributed by atoms with Gasteiger partial charge in [0.25, 0.3) is 0 Å². The molecular weight excluding hydrogens is 480 g/mol. The average Bonchev–Trinajstić information content (AvgIpc) is 3.14. The SMILES string of the molecule is Cc1ccccc1-c1cc(NCCNC(=O)Nc2ccccc2Cl)n2ncc(Br)c2n1. The summed E-state index contributed by atoms with van der Waals surface area (Å²) in [6, 6.07) is 16.8. The standard InChI is InChI=1S/C22H20BrClN6O/c1-14-6-2-3-7-15(14)19-12-20(30-21(28-19)16(23)13-27-30)25-10-11-26-22(31)29-18-9-5-4-8-17(18)24/h2-9,12-13,25H,10-11H2,1H3,(H2,26,29,31). The molecule has 31 heavy (non-hydrogen) atoms. The molecule has 3 N–H and O–H groups in total. The number of hydrogen-bond acceptors (Lipinski definition) is 4. The van der Waals surface area contributed by atoms with Crippen LogP contribution in [0.4, 0.5) is 16.3 Å². The smallest absolute Gasteiger partial charge is 0.319 e. The maximum absolute atomic E-state index is 12.1. The lowest BCUT2D eigenvalue weighted by molar-refractivity contribution is 0.252. The molecular formula is C22H20BrClN6O. The van der Waals surface area contributed by atoms with Gasteiger partial charge in [-0.05, 0) is 40.5 Å². The Morgan fingerprint density at radius 1 is 1.13 bits per heavy atom. The van der Waals surface area contributed by atoms with Crippen LogP contribution in [0.2, 0.25) is 5.02 Å². The van der Waals surface area contributed by atoms with Crippen molar-refractivity contribution in [2.75, 3.05) is 23.7 Å². The van der Waals surface area contributed by atoms with E-state index in [-0.39, 0.29) is 6.03 Å². The summed E-state index contributed by atoms with van der Waals surface area (Å²) >= 11 is 9.58. The Balaban J connectivity index is 1.45. The molecule has 4 aromatic rings. The van der Waals surface area contributed by atoms with Crippen molar-refractivity contribution in [3.63, 3.8) is 0 Å². The second-order valence-corrected chi connectivity index (χ2v) is 8.12. The highest BCUT2D eigenvalue weighted by atomic mass is 79.9. The van der Waals surface area contributed by atoms with Gasteiger partial charge in [0.05, 0.1) is 27.1 Å². The second-order valence-electron chi connectivity index (χ2n) is 6.86. The summed E-state index contributed by atoms with van der Waals surface area (Å²) in [5.41, 5.74) is 4.32. The van der Waals surface area contributed by atoms with E-state index in [1.807, 2.05) is 36.4 Å². The van der Waals surface area contributed by atoms with E-state index in [1.54, 1.807) is 22.8 Å². The van der Waals surface area contributed by atoms with Crippen LogP contribution in [-0.4, -0.2) is 33.7 Å². The first-order valence-electron chi connectivity index (χ1n) is 9.66. The average molecular weight is 500 g/mol. The predicted octanol–water partition coefficient (Wildman–Crippen LogP) is 5.35. The molecule has 0 unspecified atom stereocenters. The summed E-state index contributed by atoms with van der Waals surface area (Å²) in [5, 5.41) is 13.8. The number of urea groups is 1. The van der Waals surface area contributed by atoms with Gasteiger partial charge in [0.15, 0.2) is 5.65 Å². The third-order valence-corrected chi connectivity index (χ3v) is 5.58. The lowest BCUT2D eigenvalue weighted by Crippen LogP contribution is -2.33. The molecule has 2 amide bonds. The highest BCUT2D eigenvalue weighted by Gasteiger charge is 2.12. The van der Waals surface area contributed by atoms with E-state index in [9.17, 15) is 4.79 Å². The number of nitrogens with zero attached hydrogens (tertiary/aromatic N) is 3. The van der Waals surface area contributed by atoms with E-state index in [0.717, 1.165) is 27.1 Å². The van der Waals surface area contributed by atoms with Crippen molar-refractivity contribution in [1.29, 1.82) is 0 Å². The number of rotatable bonds is 6. The van der Waals surface area contributed by atoms with Crippen molar-refractivity contribution in [3.05, 3.63) is 75.9 Å². The van der Waals surface area contributed by atoms with Gasteiger partial charge in [-0.15, -0.1) is 0 Å². The number of nitrogens with one attached hydrogen (secondary N) is 3. The van der Waals surface area contributed by atoms with Gasteiger partial charge in [0.1, 0.15) is 5.82 Å². The number of benzene rings is 2. The second kappa shape index (κ2) is 9.36. The summed E-state index contributed by atoms with van der Waals surface area (Å²) in [6.07, 6.45) is 1.71. The monoisotopic (exact) mass is 498 g/mol. The van der Waals surface area contributed by atoms with Crippen LogP contribution in [0.5, 0.6) is 0 Å². The number of carbonyl (C=O) groups excluding carboxylic acids is 1.